The molecular weight excluding hydrogens is 285 g/mol. The van der Waals surface area contributed by atoms with Gasteiger partial charge >= 0.3 is 5.97 Å². The molecule has 110 valence electrons. The van der Waals surface area contributed by atoms with Crippen molar-refractivity contribution in [3.63, 3.8) is 0 Å². The Morgan fingerprint density at radius 1 is 1.14 bits per heavy atom. The zero-order valence-electron chi connectivity index (χ0n) is 11.7. The van der Waals surface area contributed by atoms with Crippen LogP contribution in [0.5, 0.6) is 0 Å². The van der Waals surface area contributed by atoms with Crippen molar-refractivity contribution >= 4 is 5.97 Å². The molecule has 0 bridgehead atoms. The number of carboxylic acid groups (broad SMARTS) is 1. The van der Waals surface area contributed by atoms with E-state index in [-0.39, 0.29) is 11.5 Å². The molecule has 1 heterocycles. The first-order valence-corrected chi connectivity index (χ1v) is 6.59. The minimum atomic E-state index is -1.16. The maximum Gasteiger partial charge on any atom is 0.358 e. The van der Waals surface area contributed by atoms with Crippen molar-refractivity contribution < 1.29 is 14.3 Å². The maximum absolute atomic E-state index is 13.1. The molecular formula is C16H12FN3O2. The number of benzene rings is 2. The highest BCUT2D eigenvalue weighted by molar-refractivity contribution is 5.93. The minimum Gasteiger partial charge on any atom is -0.476 e. The van der Waals surface area contributed by atoms with E-state index in [1.54, 1.807) is 6.07 Å². The highest BCUT2D eigenvalue weighted by atomic mass is 19.1. The van der Waals surface area contributed by atoms with E-state index < -0.39 is 5.97 Å². The summed E-state index contributed by atoms with van der Waals surface area (Å²) in [5.41, 5.74) is 2.39. The Morgan fingerprint density at radius 3 is 2.45 bits per heavy atom. The number of hydrogen-bond donors (Lipinski definition) is 1. The average Bonchev–Trinajstić information content (AvgIpc) is 2.93. The Hall–Kier alpha value is -3.02. The van der Waals surface area contributed by atoms with Crippen LogP contribution in [0.4, 0.5) is 4.39 Å². The number of carboxylic acids is 1. The molecule has 0 aliphatic heterocycles. The fourth-order valence-electron chi connectivity index (χ4n) is 2.27. The Balaban J connectivity index is 2.27. The van der Waals surface area contributed by atoms with Crippen LogP contribution in [0.15, 0.2) is 48.5 Å². The normalized spacial score (nSPS) is 10.6. The summed E-state index contributed by atoms with van der Waals surface area (Å²) in [6, 6.07) is 13.0. The maximum atomic E-state index is 13.1. The van der Waals surface area contributed by atoms with Gasteiger partial charge in [0.1, 0.15) is 11.5 Å². The van der Waals surface area contributed by atoms with Crippen molar-refractivity contribution in [2.45, 2.75) is 6.92 Å². The number of nitrogens with zero attached hydrogens (tertiary/aromatic N) is 3. The van der Waals surface area contributed by atoms with Gasteiger partial charge in [0.2, 0.25) is 0 Å². The lowest BCUT2D eigenvalue weighted by molar-refractivity contribution is 0.0691. The smallest absolute Gasteiger partial charge is 0.358 e. The van der Waals surface area contributed by atoms with Crippen LogP contribution in [0.3, 0.4) is 0 Å². The molecule has 1 N–H and O–H groups in total. The quantitative estimate of drug-likeness (QED) is 0.806. The van der Waals surface area contributed by atoms with Gasteiger partial charge in [0.25, 0.3) is 0 Å². The van der Waals surface area contributed by atoms with E-state index in [9.17, 15) is 14.3 Å². The first kappa shape index (κ1) is 13.9. The van der Waals surface area contributed by atoms with Gasteiger partial charge in [0.15, 0.2) is 5.69 Å². The number of hydrogen-bond acceptors (Lipinski definition) is 3. The van der Waals surface area contributed by atoms with E-state index in [1.165, 1.54) is 28.9 Å². The van der Waals surface area contributed by atoms with Crippen LogP contribution < -0.4 is 0 Å². The molecule has 1 aromatic heterocycles. The van der Waals surface area contributed by atoms with Crippen LogP contribution in [-0.4, -0.2) is 26.1 Å². The molecule has 0 saturated carbocycles. The van der Waals surface area contributed by atoms with Crippen molar-refractivity contribution in [1.29, 1.82) is 0 Å². The monoisotopic (exact) mass is 297 g/mol. The van der Waals surface area contributed by atoms with E-state index in [0.717, 1.165) is 5.56 Å². The second-order valence-electron chi connectivity index (χ2n) is 4.79. The molecule has 0 saturated heterocycles. The highest BCUT2D eigenvalue weighted by Crippen LogP contribution is 2.28. The Labute approximate surface area is 125 Å². The molecule has 6 heteroatoms. The number of carbonyl (C=O) groups is 1. The second-order valence-corrected chi connectivity index (χ2v) is 4.79. The average molecular weight is 297 g/mol. The predicted octanol–water partition coefficient (Wildman–Crippen LogP) is 3.08. The van der Waals surface area contributed by atoms with Gasteiger partial charge in [-0.2, -0.15) is 0 Å². The first-order valence-electron chi connectivity index (χ1n) is 6.59. The number of aromatic carboxylic acids is 1. The van der Waals surface area contributed by atoms with E-state index in [4.69, 9.17) is 0 Å². The van der Waals surface area contributed by atoms with Crippen LogP contribution in [0.1, 0.15) is 16.1 Å². The summed E-state index contributed by atoms with van der Waals surface area (Å²) in [4.78, 5) is 11.4. The van der Waals surface area contributed by atoms with Gasteiger partial charge in [-0.1, -0.05) is 29.5 Å². The fourth-order valence-corrected chi connectivity index (χ4v) is 2.27. The standard InChI is InChI=1S/C16H12FN3O2/c1-10-4-2-3-5-13(10)15-14(16(21)22)18-19-20(15)12-8-6-11(17)7-9-12/h2-9H,1H3,(H,21,22). The summed E-state index contributed by atoms with van der Waals surface area (Å²) in [5.74, 6) is -1.54. The topological polar surface area (TPSA) is 68.0 Å². The number of aromatic nitrogens is 3. The van der Waals surface area contributed by atoms with Gasteiger partial charge in [-0.15, -0.1) is 5.10 Å². The summed E-state index contributed by atoms with van der Waals surface area (Å²) >= 11 is 0. The molecule has 3 aromatic rings. The van der Waals surface area contributed by atoms with Crippen LogP contribution in [0.25, 0.3) is 16.9 Å². The molecule has 0 radical (unpaired) electrons. The molecule has 0 atom stereocenters. The minimum absolute atomic E-state index is 0.140. The van der Waals surface area contributed by atoms with E-state index in [1.807, 2.05) is 25.1 Å². The molecule has 22 heavy (non-hydrogen) atoms. The third-order valence-electron chi connectivity index (χ3n) is 3.34. The summed E-state index contributed by atoms with van der Waals surface area (Å²) in [6.07, 6.45) is 0. The molecule has 0 amide bonds. The van der Waals surface area contributed by atoms with Crippen molar-refractivity contribution in [2.75, 3.05) is 0 Å². The third-order valence-corrected chi connectivity index (χ3v) is 3.34. The zero-order chi connectivity index (χ0) is 15.7. The number of halogens is 1. The van der Waals surface area contributed by atoms with Crippen molar-refractivity contribution in [1.82, 2.24) is 15.0 Å². The summed E-state index contributed by atoms with van der Waals surface area (Å²) < 4.78 is 14.5. The predicted molar refractivity (Wildman–Crippen MR) is 78.4 cm³/mol. The van der Waals surface area contributed by atoms with Gasteiger partial charge in [-0.05, 0) is 36.8 Å². The van der Waals surface area contributed by atoms with Crippen molar-refractivity contribution in [3.05, 3.63) is 65.6 Å². The largest absolute Gasteiger partial charge is 0.476 e. The van der Waals surface area contributed by atoms with E-state index in [2.05, 4.69) is 10.3 Å². The Bertz CT molecular complexity index is 841. The summed E-state index contributed by atoms with van der Waals surface area (Å²) in [6.45, 7) is 1.88. The van der Waals surface area contributed by atoms with Gasteiger partial charge in [0.05, 0.1) is 5.69 Å². The Morgan fingerprint density at radius 2 is 1.82 bits per heavy atom. The molecule has 0 spiro atoms. The van der Waals surface area contributed by atoms with Gasteiger partial charge < -0.3 is 5.11 Å². The lowest BCUT2D eigenvalue weighted by Gasteiger charge is -2.09. The lowest BCUT2D eigenvalue weighted by Crippen LogP contribution is -2.04. The van der Waals surface area contributed by atoms with Crippen LogP contribution in [0.2, 0.25) is 0 Å². The van der Waals surface area contributed by atoms with Crippen molar-refractivity contribution in [3.8, 4) is 16.9 Å². The second kappa shape index (κ2) is 5.40. The zero-order valence-corrected chi connectivity index (χ0v) is 11.7. The fraction of sp³-hybridized carbons (Fsp3) is 0.0625. The van der Waals surface area contributed by atoms with Crippen LogP contribution in [-0.2, 0) is 0 Å². The summed E-state index contributed by atoms with van der Waals surface area (Å²) in [7, 11) is 0. The molecule has 0 aliphatic rings. The van der Waals surface area contributed by atoms with Crippen LogP contribution >= 0.6 is 0 Å². The van der Waals surface area contributed by atoms with E-state index >= 15 is 0 Å². The lowest BCUT2D eigenvalue weighted by atomic mass is 10.0. The molecule has 2 aromatic carbocycles. The van der Waals surface area contributed by atoms with Gasteiger partial charge in [0, 0.05) is 5.56 Å². The van der Waals surface area contributed by atoms with Crippen molar-refractivity contribution in [2.24, 2.45) is 0 Å². The number of rotatable bonds is 3. The molecule has 0 fully saturated rings. The molecule has 0 unspecified atom stereocenters. The van der Waals surface area contributed by atoms with Gasteiger partial charge in [-0.25, -0.2) is 13.9 Å². The molecule has 3 rings (SSSR count). The number of aryl methyl sites for hydroxylation is 1. The highest BCUT2D eigenvalue weighted by Gasteiger charge is 2.22. The van der Waals surface area contributed by atoms with Crippen LogP contribution in [0, 0.1) is 12.7 Å². The summed E-state index contributed by atoms with van der Waals surface area (Å²) in [5, 5.41) is 17.0. The van der Waals surface area contributed by atoms with E-state index in [0.29, 0.717) is 16.9 Å². The molecule has 0 aliphatic carbocycles. The molecule has 5 nitrogen and oxygen atoms in total. The first-order chi connectivity index (χ1) is 10.6. The Kier molecular flexibility index (Phi) is 3.42. The SMILES string of the molecule is Cc1ccccc1-c1c(C(=O)O)nnn1-c1ccc(F)cc1. The third kappa shape index (κ3) is 2.35. The van der Waals surface area contributed by atoms with Gasteiger partial charge in [-0.3, -0.25) is 0 Å².